The van der Waals surface area contributed by atoms with Gasteiger partial charge in [0.25, 0.3) is 0 Å². The van der Waals surface area contributed by atoms with Crippen molar-refractivity contribution >= 4 is 11.5 Å². The Bertz CT molecular complexity index is 463. The zero-order chi connectivity index (χ0) is 13.3. The molecule has 0 spiro atoms. The van der Waals surface area contributed by atoms with Crippen LogP contribution in [0, 0.1) is 19.3 Å². The molecule has 1 aromatic rings. The van der Waals surface area contributed by atoms with Crippen molar-refractivity contribution in [2.45, 2.75) is 46.1 Å². The lowest BCUT2D eigenvalue weighted by Gasteiger charge is -2.27. The molecule has 1 aliphatic rings. The van der Waals surface area contributed by atoms with E-state index in [4.69, 9.17) is 11.1 Å². The Morgan fingerprint density at radius 2 is 2.17 bits per heavy atom. The van der Waals surface area contributed by atoms with Crippen LogP contribution in [0.25, 0.3) is 0 Å². The molecule has 1 fully saturated rings. The van der Waals surface area contributed by atoms with Crippen LogP contribution in [-0.4, -0.2) is 23.4 Å². The van der Waals surface area contributed by atoms with Crippen LogP contribution in [0.1, 0.15) is 43.1 Å². The third-order valence-corrected chi connectivity index (χ3v) is 3.34. The summed E-state index contributed by atoms with van der Waals surface area (Å²) in [4.78, 5) is 6.83. The summed E-state index contributed by atoms with van der Waals surface area (Å²) in [6.45, 7) is 7.14. The van der Waals surface area contributed by atoms with E-state index >= 15 is 0 Å². The molecule has 18 heavy (non-hydrogen) atoms. The lowest BCUT2D eigenvalue weighted by molar-refractivity contribution is 0.759. The molecule has 1 saturated carbocycles. The first-order valence-corrected chi connectivity index (χ1v) is 6.63. The van der Waals surface area contributed by atoms with Gasteiger partial charge in [-0.15, -0.1) is 0 Å². The zero-order valence-electron chi connectivity index (χ0n) is 11.5. The van der Waals surface area contributed by atoms with Crippen LogP contribution in [0.4, 0.5) is 5.69 Å². The van der Waals surface area contributed by atoms with Crippen molar-refractivity contribution in [3.63, 3.8) is 0 Å². The highest BCUT2D eigenvalue weighted by Gasteiger charge is 2.31. The molecular formula is C14H22N4. The van der Waals surface area contributed by atoms with E-state index in [0.717, 1.165) is 35.6 Å². The van der Waals surface area contributed by atoms with Crippen LogP contribution in [0.2, 0.25) is 0 Å². The van der Waals surface area contributed by atoms with Gasteiger partial charge < -0.3 is 10.6 Å². The number of hydrogen-bond acceptors (Lipinski definition) is 3. The molecule has 4 heteroatoms. The van der Waals surface area contributed by atoms with Crippen LogP contribution < -0.4 is 10.6 Å². The van der Waals surface area contributed by atoms with E-state index in [1.54, 1.807) is 0 Å². The number of hydrogen-bond donors (Lipinski definition) is 2. The van der Waals surface area contributed by atoms with E-state index in [1.165, 1.54) is 12.8 Å². The largest absolute Gasteiger partial charge is 0.384 e. The summed E-state index contributed by atoms with van der Waals surface area (Å²) in [7, 11) is 0. The van der Waals surface area contributed by atoms with E-state index in [9.17, 15) is 0 Å². The zero-order valence-corrected chi connectivity index (χ0v) is 11.5. The minimum Gasteiger partial charge on any atom is -0.384 e. The van der Waals surface area contributed by atoms with Gasteiger partial charge in [0, 0.05) is 18.3 Å². The SMILES string of the molecule is CCCN(c1cc(C)nc(C)c1C(=N)N)C1CC1. The monoisotopic (exact) mass is 246 g/mol. The Morgan fingerprint density at radius 1 is 1.50 bits per heavy atom. The number of nitrogen functional groups attached to an aromatic ring is 1. The Kier molecular flexibility index (Phi) is 3.55. The number of nitrogens with two attached hydrogens (primary N) is 1. The first-order chi connectivity index (χ1) is 8.54. The third kappa shape index (κ3) is 2.47. The van der Waals surface area contributed by atoms with Gasteiger partial charge in [-0.05, 0) is 39.2 Å². The summed E-state index contributed by atoms with van der Waals surface area (Å²) >= 11 is 0. The van der Waals surface area contributed by atoms with Gasteiger partial charge in [0.15, 0.2) is 0 Å². The van der Waals surface area contributed by atoms with Gasteiger partial charge in [-0.3, -0.25) is 10.4 Å². The molecular weight excluding hydrogens is 224 g/mol. The summed E-state index contributed by atoms with van der Waals surface area (Å²) in [5.41, 5.74) is 9.49. The molecule has 0 atom stereocenters. The summed E-state index contributed by atoms with van der Waals surface area (Å²) in [5.74, 6) is 0.122. The fourth-order valence-electron chi connectivity index (χ4n) is 2.49. The molecule has 3 N–H and O–H groups in total. The van der Waals surface area contributed by atoms with Crippen molar-refractivity contribution in [3.05, 3.63) is 23.0 Å². The average molecular weight is 246 g/mol. The minimum absolute atomic E-state index is 0.122. The molecule has 1 aromatic heterocycles. The molecule has 1 heterocycles. The van der Waals surface area contributed by atoms with E-state index < -0.39 is 0 Å². The van der Waals surface area contributed by atoms with Gasteiger partial charge in [0.05, 0.1) is 16.9 Å². The summed E-state index contributed by atoms with van der Waals surface area (Å²) in [6, 6.07) is 2.70. The highest BCUT2D eigenvalue weighted by Crippen LogP contribution is 2.34. The van der Waals surface area contributed by atoms with Gasteiger partial charge in [-0.25, -0.2) is 0 Å². The Balaban J connectivity index is 2.48. The first-order valence-electron chi connectivity index (χ1n) is 6.63. The second kappa shape index (κ2) is 4.96. The molecule has 0 radical (unpaired) electrons. The molecule has 0 aliphatic heterocycles. The van der Waals surface area contributed by atoms with Crippen molar-refractivity contribution in [1.82, 2.24) is 4.98 Å². The lowest BCUT2D eigenvalue weighted by atomic mass is 10.1. The van der Waals surface area contributed by atoms with Crippen molar-refractivity contribution in [1.29, 1.82) is 5.41 Å². The minimum atomic E-state index is 0.122. The van der Waals surface area contributed by atoms with Crippen LogP contribution in [-0.2, 0) is 0 Å². The Labute approximate surface area is 109 Å². The highest BCUT2D eigenvalue weighted by atomic mass is 15.2. The van der Waals surface area contributed by atoms with Crippen LogP contribution in [0.5, 0.6) is 0 Å². The standard InChI is InChI=1S/C14H22N4/c1-4-7-18(11-5-6-11)12-8-9(2)17-10(3)13(12)14(15)16/h8,11H,4-7H2,1-3H3,(H3,15,16). The molecule has 0 amide bonds. The summed E-state index contributed by atoms with van der Waals surface area (Å²) in [5, 5.41) is 7.79. The highest BCUT2D eigenvalue weighted by molar-refractivity contribution is 6.01. The second-order valence-electron chi connectivity index (χ2n) is 5.08. The number of anilines is 1. The third-order valence-electron chi connectivity index (χ3n) is 3.34. The Hall–Kier alpha value is -1.58. The Morgan fingerprint density at radius 3 is 2.67 bits per heavy atom. The molecule has 0 aromatic carbocycles. The maximum Gasteiger partial charge on any atom is 0.126 e. The topological polar surface area (TPSA) is 66.0 Å². The molecule has 2 rings (SSSR count). The second-order valence-corrected chi connectivity index (χ2v) is 5.08. The number of nitrogens with zero attached hydrogens (tertiary/aromatic N) is 2. The van der Waals surface area contributed by atoms with Crippen LogP contribution in [0.3, 0.4) is 0 Å². The quantitative estimate of drug-likeness (QED) is 0.619. The van der Waals surface area contributed by atoms with E-state index in [-0.39, 0.29) is 5.84 Å². The summed E-state index contributed by atoms with van der Waals surface area (Å²) in [6.07, 6.45) is 3.60. The fraction of sp³-hybridized carbons (Fsp3) is 0.571. The van der Waals surface area contributed by atoms with Gasteiger partial charge >= 0.3 is 0 Å². The van der Waals surface area contributed by atoms with Crippen molar-refractivity contribution in [3.8, 4) is 0 Å². The van der Waals surface area contributed by atoms with Crippen LogP contribution >= 0.6 is 0 Å². The van der Waals surface area contributed by atoms with Crippen molar-refractivity contribution in [2.24, 2.45) is 5.73 Å². The van der Waals surface area contributed by atoms with E-state index in [1.807, 2.05) is 13.8 Å². The summed E-state index contributed by atoms with van der Waals surface area (Å²) < 4.78 is 0. The predicted octanol–water partition coefficient (Wildman–Crippen LogP) is 2.36. The maximum atomic E-state index is 7.79. The number of aryl methyl sites for hydroxylation is 2. The molecule has 0 saturated heterocycles. The molecule has 0 unspecified atom stereocenters. The molecule has 98 valence electrons. The van der Waals surface area contributed by atoms with Gasteiger partial charge in [0.1, 0.15) is 5.84 Å². The van der Waals surface area contributed by atoms with E-state index in [2.05, 4.69) is 22.9 Å². The average Bonchev–Trinajstić information content (AvgIpc) is 3.07. The van der Waals surface area contributed by atoms with Gasteiger partial charge in [-0.1, -0.05) is 6.92 Å². The number of pyridine rings is 1. The molecule has 0 bridgehead atoms. The van der Waals surface area contributed by atoms with Crippen molar-refractivity contribution < 1.29 is 0 Å². The molecule has 1 aliphatic carbocycles. The number of amidine groups is 1. The van der Waals surface area contributed by atoms with Gasteiger partial charge in [0.2, 0.25) is 0 Å². The lowest BCUT2D eigenvalue weighted by Crippen LogP contribution is -2.30. The van der Waals surface area contributed by atoms with E-state index in [0.29, 0.717) is 6.04 Å². The number of aromatic nitrogens is 1. The predicted molar refractivity (Wildman–Crippen MR) is 75.4 cm³/mol. The molecule has 4 nitrogen and oxygen atoms in total. The first kappa shape index (κ1) is 12.9. The fourth-order valence-corrected chi connectivity index (χ4v) is 2.49. The van der Waals surface area contributed by atoms with Crippen molar-refractivity contribution in [2.75, 3.05) is 11.4 Å². The number of nitrogens with one attached hydrogen (secondary N) is 1. The number of rotatable bonds is 5. The van der Waals surface area contributed by atoms with Gasteiger partial charge in [-0.2, -0.15) is 0 Å². The van der Waals surface area contributed by atoms with Crippen LogP contribution in [0.15, 0.2) is 6.07 Å². The maximum absolute atomic E-state index is 7.79. The normalized spacial score (nSPS) is 14.6. The smallest absolute Gasteiger partial charge is 0.126 e.